The van der Waals surface area contributed by atoms with Crippen LogP contribution in [0.15, 0.2) is 66.7 Å². The molecule has 0 unspecified atom stereocenters. The highest BCUT2D eigenvalue weighted by atomic mass is 35.5. The number of benzene rings is 3. The molecule has 2 amide bonds. The Bertz CT molecular complexity index is 1320. The highest BCUT2D eigenvalue weighted by Gasteiger charge is 2.23. The number of halogens is 2. The largest absolute Gasteiger partial charge is 0.497 e. The van der Waals surface area contributed by atoms with E-state index in [2.05, 4.69) is 11.4 Å². The number of ether oxygens (including phenoxy) is 3. The number of amides is 2. The lowest BCUT2D eigenvalue weighted by molar-refractivity contribution is -0.162. The highest BCUT2D eigenvalue weighted by Crippen LogP contribution is 2.32. The minimum atomic E-state index is -1.34. The average molecular weight is 648 g/mol. The zero-order valence-electron chi connectivity index (χ0n) is 25.3. The molecule has 0 fully saturated rings. The molecule has 0 saturated carbocycles. The van der Waals surface area contributed by atoms with Crippen LogP contribution in [0.1, 0.15) is 38.2 Å². The summed E-state index contributed by atoms with van der Waals surface area (Å²) >= 11 is 11.3. The average Bonchev–Trinajstić information content (AvgIpc) is 3.04. The van der Waals surface area contributed by atoms with E-state index in [1.54, 1.807) is 21.1 Å². The van der Waals surface area contributed by atoms with E-state index in [0.29, 0.717) is 6.54 Å². The first-order chi connectivity index (χ1) is 21.2. The summed E-state index contributed by atoms with van der Waals surface area (Å²) in [4.78, 5) is 29.8. The number of rotatable bonds is 17. The van der Waals surface area contributed by atoms with Crippen molar-refractivity contribution >= 4 is 35.2 Å². The third-order valence-electron chi connectivity index (χ3n) is 6.82. The number of nitrogens with one attached hydrogen (secondary N) is 1. The molecule has 238 valence electrons. The molecule has 3 rings (SSSR count). The van der Waals surface area contributed by atoms with Gasteiger partial charge < -0.3 is 24.6 Å². The van der Waals surface area contributed by atoms with Crippen LogP contribution in [-0.2, 0) is 21.0 Å². The Morgan fingerprint density at radius 2 is 1.43 bits per heavy atom. The lowest BCUT2D eigenvalue weighted by Gasteiger charge is -2.26. The first-order valence-corrected chi connectivity index (χ1v) is 15.3. The standard InChI is InChI=1S/C33H40Cl2N2O7/c1-23(44-32(39)31(34)35)21-37(33(40)36-18-6-4-5-7-19-38)43-22-27-9-8-26(24-10-14-28(41-2)15-11-24)20-30(27)25-12-16-29(42-3)17-13-25/h8-17,20,23,31,38H,4-7,18-19,21-22H2,1-3H3,(H,36,40)/t23-/m1/s1. The molecule has 0 aliphatic carbocycles. The number of nitrogens with zero attached hydrogens (tertiary/aromatic N) is 1. The molecule has 3 aromatic rings. The van der Waals surface area contributed by atoms with Gasteiger partial charge in [-0.05, 0) is 77.9 Å². The Morgan fingerprint density at radius 1 is 0.841 bits per heavy atom. The predicted molar refractivity (Wildman–Crippen MR) is 172 cm³/mol. The second-order valence-corrected chi connectivity index (χ2v) is 11.2. The first kappa shape index (κ1) is 35.0. The summed E-state index contributed by atoms with van der Waals surface area (Å²) in [6.07, 6.45) is 2.48. The number of unbranched alkanes of at least 4 members (excludes halogenated alkanes) is 3. The molecule has 1 atom stereocenters. The van der Waals surface area contributed by atoms with Gasteiger partial charge in [-0.1, -0.05) is 72.4 Å². The van der Waals surface area contributed by atoms with E-state index in [4.69, 9.17) is 47.4 Å². The molecule has 11 heteroatoms. The van der Waals surface area contributed by atoms with Crippen LogP contribution in [0.4, 0.5) is 4.79 Å². The number of urea groups is 1. The maximum atomic E-state index is 13.2. The van der Waals surface area contributed by atoms with Gasteiger partial charge in [-0.2, -0.15) is 5.06 Å². The smallest absolute Gasteiger partial charge is 0.341 e. The van der Waals surface area contributed by atoms with Crippen molar-refractivity contribution in [3.8, 4) is 33.8 Å². The summed E-state index contributed by atoms with van der Waals surface area (Å²) in [6.45, 7) is 2.21. The first-order valence-electron chi connectivity index (χ1n) is 14.4. The molecule has 44 heavy (non-hydrogen) atoms. The number of hydrogen-bond acceptors (Lipinski definition) is 7. The maximum Gasteiger partial charge on any atom is 0.341 e. The number of aliphatic hydroxyl groups excluding tert-OH is 1. The molecule has 2 N–H and O–H groups in total. The lowest BCUT2D eigenvalue weighted by atomic mass is 9.94. The van der Waals surface area contributed by atoms with Crippen molar-refractivity contribution in [1.82, 2.24) is 10.4 Å². The van der Waals surface area contributed by atoms with Crippen LogP contribution in [0.25, 0.3) is 22.3 Å². The maximum absolute atomic E-state index is 13.2. The zero-order valence-corrected chi connectivity index (χ0v) is 26.8. The third-order valence-corrected chi connectivity index (χ3v) is 7.17. The second kappa shape index (κ2) is 18.3. The number of methoxy groups -OCH3 is 2. The Balaban J connectivity index is 1.84. The number of carbonyl (C=O) groups is 2. The predicted octanol–water partition coefficient (Wildman–Crippen LogP) is 6.77. The fourth-order valence-corrected chi connectivity index (χ4v) is 4.54. The van der Waals surface area contributed by atoms with Crippen molar-refractivity contribution in [2.75, 3.05) is 33.9 Å². The summed E-state index contributed by atoms with van der Waals surface area (Å²) in [5.74, 6) is 0.697. The van der Waals surface area contributed by atoms with Gasteiger partial charge in [0, 0.05) is 13.2 Å². The van der Waals surface area contributed by atoms with Crippen LogP contribution in [0, 0.1) is 0 Å². The van der Waals surface area contributed by atoms with Gasteiger partial charge in [-0.25, -0.2) is 9.59 Å². The molecule has 0 saturated heterocycles. The minimum Gasteiger partial charge on any atom is -0.497 e. The number of hydroxylamine groups is 2. The Morgan fingerprint density at radius 3 is 2.02 bits per heavy atom. The van der Waals surface area contributed by atoms with Gasteiger partial charge in [0.25, 0.3) is 0 Å². The summed E-state index contributed by atoms with van der Waals surface area (Å²) in [5.41, 5.74) is 4.70. The SMILES string of the molecule is COc1ccc(-c2ccc(CON(C[C@@H](C)OC(=O)C(Cl)Cl)C(=O)NCCCCCCO)c(-c3ccc(OC)cc3)c2)cc1. The van der Waals surface area contributed by atoms with Gasteiger partial charge in [-0.3, -0.25) is 4.84 Å². The molecule has 9 nitrogen and oxygen atoms in total. The topological polar surface area (TPSA) is 107 Å². The quantitative estimate of drug-likeness (QED) is 0.0721. The molecule has 0 aliphatic rings. The number of alkyl halides is 2. The summed E-state index contributed by atoms with van der Waals surface area (Å²) in [7, 11) is 3.25. The van der Waals surface area contributed by atoms with Crippen LogP contribution < -0.4 is 14.8 Å². The van der Waals surface area contributed by atoms with Gasteiger partial charge in [0.15, 0.2) is 0 Å². The molecular weight excluding hydrogens is 607 g/mol. The lowest BCUT2D eigenvalue weighted by Crippen LogP contribution is -2.44. The molecule has 0 heterocycles. The van der Waals surface area contributed by atoms with Gasteiger partial charge in [0.2, 0.25) is 4.84 Å². The van der Waals surface area contributed by atoms with Crippen molar-refractivity contribution in [2.24, 2.45) is 0 Å². The van der Waals surface area contributed by atoms with Crippen molar-refractivity contribution in [3.05, 3.63) is 72.3 Å². The molecule has 0 radical (unpaired) electrons. The Labute approximate surface area is 268 Å². The van der Waals surface area contributed by atoms with Gasteiger partial charge >= 0.3 is 12.0 Å². The van der Waals surface area contributed by atoms with Crippen molar-refractivity contribution in [1.29, 1.82) is 0 Å². The van der Waals surface area contributed by atoms with Crippen LogP contribution in [0.2, 0.25) is 0 Å². The number of esters is 1. The molecule has 3 aromatic carbocycles. The van der Waals surface area contributed by atoms with Crippen LogP contribution in [0.5, 0.6) is 11.5 Å². The Hall–Kier alpha value is -3.50. The zero-order chi connectivity index (χ0) is 31.9. The summed E-state index contributed by atoms with van der Waals surface area (Å²) < 4.78 is 15.9. The van der Waals surface area contributed by atoms with E-state index in [-0.39, 0.29) is 19.8 Å². The van der Waals surface area contributed by atoms with Crippen molar-refractivity contribution in [3.63, 3.8) is 0 Å². The summed E-state index contributed by atoms with van der Waals surface area (Å²) in [5, 5.41) is 13.0. The molecule has 0 spiro atoms. The van der Waals surface area contributed by atoms with E-state index >= 15 is 0 Å². The third kappa shape index (κ3) is 10.9. The molecule has 0 aliphatic heterocycles. The number of hydrogen-bond donors (Lipinski definition) is 2. The van der Waals surface area contributed by atoms with Crippen molar-refractivity contribution < 1.29 is 33.7 Å². The van der Waals surface area contributed by atoms with E-state index in [1.165, 1.54) is 0 Å². The molecule has 0 bridgehead atoms. The van der Waals surface area contributed by atoms with E-state index < -0.39 is 22.9 Å². The minimum absolute atomic E-state index is 0.0512. The van der Waals surface area contributed by atoms with Crippen LogP contribution in [0.3, 0.4) is 0 Å². The summed E-state index contributed by atoms with van der Waals surface area (Å²) in [6, 6.07) is 21.1. The number of aliphatic hydroxyl groups is 1. The van der Waals surface area contributed by atoms with E-state index in [0.717, 1.165) is 70.1 Å². The molecular formula is C33H40Cl2N2O7. The fourth-order valence-electron chi connectivity index (χ4n) is 4.44. The van der Waals surface area contributed by atoms with E-state index in [9.17, 15) is 9.59 Å². The van der Waals surface area contributed by atoms with E-state index in [1.807, 2.05) is 60.7 Å². The van der Waals surface area contributed by atoms with Gasteiger partial charge in [0.05, 0.1) is 20.8 Å². The number of carbonyl (C=O) groups excluding carboxylic acids is 2. The van der Waals surface area contributed by atoms with Crippen molar-refractivity contribution in [2.45, 2.75) is 50.2 Å². The fraction of sp³-hybridized carbons (Fsp3) is 0.394. The van der Waals surface area contributed by atoms with Gasteiger partial charge in [-0.15, -0.1) is 0 Å². The Kier molecular flexibility index (Phi) is 14.6. The normalized spacial score (nSPS) is 11.6. The monoisotopic (exact) mass is 646 g/mol. The second-order valence-electron chi connectivity index (χ2n) is 10.1. The van der Waals surface area contributed by atoms with Crippen LogP contribution >= 0.6 is 23.2 Å². The van der Waals surface area contributed by atoms with Crippen LogP contribution in [-0.4, -0.2) is 67.0 Å². The van der Waals surface area contributed by atoms with Gasteiger partial charge in [0.1, 0.15) is 24.2 Å². The molecule has 0 aromatic heterocycles. The highest BCUT2D eigenvalue weighted by molar-refractivity contribution is 6.52.